The quantitative estimate of drug-likeness (QED) is 0.248. The number of rotatable bonds is 8. The van der Waals surface area contributed by atoms with E-state index in [4.69, 9.17) is 5.73 Å². The van der Waals surface area contributed by atoms with Crippen molar-refractivity contribution < 1.29 is 19.8 Å². The minimum Gasteiger partial charge on any atom is -0.465 e. The Morgan fingerprint density at radius 1 is 1.00 bits per heavy atom. The number of amides is 2. The van der Waals surface area contributed by atoms with Crippen LogP contribution in [-0.2, 0) is 10.3 Å². The Morgan fingerprint density at radius 3 is 2.19 bits per heavy atom. The third-order valence-corrected chi connectivity index (χ3v) is 8.88. The maximum atomic E-state index is 13.0. The van der Waals surface area contributed by atoms with Crippen molar-refractivity contribution in [2.45, 2.75) is 88.9 Å². The lowest BCUT2D eigenvalue weighted by Crippen LogP contribution is -2.58. The highest BCUT2D eigenvalue weighted by Crippen LogP contribution is 2.46. The number of hydrogen-bond acceptors (Lipinski definition) is 5. The highest BCUT2D eigenvalue weighted by Gasteiger charge is 2.49. The zero-order valence-electron chi connectivity index (χ0n) is 24.7. The third-order valence-electron chi connectivity index (χ3n) is 8.88. The number of aromatic nitrogens is 1. The van der Waals surface area contributed by atoms with Crippen LogP contribution in [0, 0.1) is 5.92 Å². The minimum absolute atomic E-state index is 0.0116. The summed E-state index contributed by atoms with van der Waals surface area (Å²) in [6.45, 7) is 5.63. The van der Waals surface area contributed by atoms with E-state index >= 15 is 0 Å². The summed E-state index contributed by atoms with van der Waals surface area (Å²) < 4.78 is 0. The summed E-state index contributed by atoms with van der Waals surface area (Å²) in [6, 6.07) is 20.1. The van der Waals surface area contributed by atoms with Gasteiger partial charge in [0.1, 0.15) is 5.82 Å². The zero-order chi connectivity index (χ0) is 30.1. The Morgan fingerprint density at radius 2 is 1.62 bits per heavy atom. The van der Waals surface area contributed by atoms with Crippen molar-refractivity contribution in [1.82, 2.24) is 9.88 Å². The predicted octanol–water partition coefficient (Wildman–Crippen LogP) is 6.39. The number of nitrogens with one attached hydrogen (secondary N) is 1. The van der Waals surface area contributed by atoms with Crippen LogP contribution in [0.5, 0.6) is 0 Å². The lowest BCUT2D eigenvalue weighted by Gasteiger charge is -2.49. The number of nitrogens with zero attached hydrogens (tertiary/aromatic N) is 2. The van der Waals surface area contributed by atoms with E-state index in [1.54, 1.807) is 11.1 Å². The second-order valence-corrected chi connectivity index (χ2v) is 12.8. The lowest BCUT2D eigenvalue weighted by molar-refractivity contribution is -0.117. The largest absolute Gasteiger partial charge is 0.465 e. The smallest absolute Gasteiger partial charge is 0.407 e. The maximum Gasteiger partial charge on any atom is 0.407 e. The number of anilines is 1. The molecule has 1 aromatic heterocycles. The van der Waals surface area contributed by atoms with Gasteiger partial charge in [-0.2, -0.15) is 0 Å². The fraction of sp³-hybridized carbons (Fsp3) is 0.441. The molecule has 1 heterocycles. The molecule has 2 aromatic carbocycles. The third kappa shape index (κ3) is 6.50. The van der Waals surface area contributed by atoms with Crippen LogP contribution >= 0.6 is 0 Å². The number of benzene rings is 2. The Balaban J connectivity index is 1.28. The summed E-state index contributed by atoms with van der Waals surface area (Å²) in [4.78, 5) is 30.9. The molecule has 0 bridgehead atoms. The molecule has 5 rings (SSSR count). The Kier molecular flexibility index (Phi) is 8.39. The van der Waals surface area contributed by atoms with Gasteiger partial charge in [-0.15, -0.1) is 0 Å². The standard InChI is InChI=1S/C34H42N4O4/c1-22(2)38(32(40)41)27-15-9-23(10-16-27)17-31(39)37-30-18-28(24-7-5-4-6-8-24)29(19-36-30)25-11-13-26(14-12-25)34(35)20-33(3,42)21-34/h4-8,11-14,18-19,22-23,27,42H,9-10,15-17,20-21,35H2,1-3H3,(H,40,41)(H,36,37,39). The minimum atomic E-state index is -0.873. The first-order valence-electron chi connectivity index (χ1n) is 14.9. The zero-order valence-corrected chi connectivity index (χ0v) is 24.7. The van der Waals surface area contributed by atoms with Crippen LogP contribution in [0.2, 0.25) is 0 Å². The molecule has 0 saturated heterocycles. The van der Waals surface area contributed by atoms with Gasteiger partial charge in [0.05, 0.1) is 5.60 Å². The highest BCUT2D eigenvalue weighted by molar-refractivity contribution is 5.92. The molecular formula is C34H42N4O4. The molecule has 2 fully saturated rings. The summed E-state index contributed by atoms with van der Waals surface area (Å²) in [6.07, 6.45) is 5.59. The molecule has 0 atom stereocenters. The molecule has 0 unspecified atom stereocenters. The molecule has 8 nitrogen and oxygen atoms in total. The van der Waals surface area contributed by atoms with E-state index in [0.29, 0.717) is 25.1 Å². The van der Waals surface area contributed by atoms with E-state index in [2.05, 4.69) is 10.3 Å². The molecule has 2 saturated carbocycles. The maximum absolute atomic E-state index is 13.0. The van der Waals surface area contributed by atoms with Crippen LogP contribution in [-0.4, -0.2) is 49.8 Å². The van der Waals surface area contributed by atoms with Gasteiger partial charge in [-0.05, 0) is 93.5 Å². The molecule has 2 aliphatic carbocycles. The van der Waals surface area contributed by atoms with Crippen molar-refractivity contribution in [1.29, 1.82) is 0 Å². The van der Waals surface area contributed by atoms with E-state index in [0.717, 1.165) is 53.5 Å². The van der Waals surface area contributed by atoms with E-state index < -0.39 is 17.2 Å². The fourth-order valence-corrected chi connectivity index (χ4v) is 6.99. The molecule has 222 valence electrons. The summed E-state index contributed by atoms with van der Waals surface area (Å²) in [7, 11) is 0. The van der Waals surface area contributed by atoms with Crippen LogP contribution in [0.1, 0.15) is 71.3 Å². The number of nitrogens with two attached hydrogens (primary N) is 1. The van der Waals surface area contributed by atoms with Crippen molar-refractivity contribution >= 4 is 17.8 Å². The Bertz CT molecular complexity index is 1410. The first kappa shape index (κ1) is 29.7. The van der Waals surface area contributed by atoms with Gasteiger partial charge in [0.15, 0.2) is 0 Å². The number of hydrogen-bond donors (Lipinski definition) is 4. The van der Waals surface area contributed by atoms with E-state index in [1.807, 2.05) is 81.4 Å². The van der Waals surface area contributed by atoms with Crippen molar-refractivity contribution in [3.8, 4) is 22.3 Å². The fourth-order valence-electron chi connectivity index (χ4n) is 6.99. The van der Waals surface area contributed by atoms with Crippen LogP contribution < -0.4 is 11.1 Å². The van der Waals surface area contributed by atoms with Crippen LogP contribution in [0.3, 0.4) is 0 Å². The average molecular weight is 571 g/mol. The summed E-state index contributed by atoms with van der Waals surface area (Å²) in [5, 5.41) is 22.8. The summed E-state index contributed by atoms with van der Waals surface area (Å²) in [5.74, 6) is 0.647. The first-order valence-corrected chi connectivity index (χ1v) is 14.9. The molecule has 0 spiro atoms. The van der Waals surface area contributed by atoms with Gasteiger partial charge in [0, 0.05) is 35.8 Å². The van der Waals surface area contributed by atoms with Gasteiger partial charge in [0.2, 0.25) is 5.91 Å². The van der Waals surface area contributed by atoms with Gasteiger partial charge < -0.3 is 26.2 Å². The van der Waals surface area contributed by atoms with Gasteiger partial charge in [-0.1, -0.05) is 54.6 Å². The molecule has 5 N–H and O–H groups in total. The van der Waals surface area contributed by atoms with Crippen molar-refractivity contribution in [2.75, 3.05) is 5.32 Å². The summed E-state index contributed by atoms with van der Waals surface area (Å²) >= 11 is 0. The highest BCUT2D eigenvalue weighted by atomic mass is 16.4. The van der Waals surface area contributed by atoms with Gasteiger partial charge in [0.25, 0.3) is 0 Å². The molecule has 3 aromatic rings. The molecule has 2 aliphatic rings. The molecule has 2 amide bonds. The normalized spacial score (nSPS) is 25.5. The molecule has 8 heteroatoms. The van der Waals surface area contributed by atoms with Crippen LogP contribution in [0.25, 0.3) is 22.3 Å². The van der Waals surface area contributed by atoms with E-state index in [1.165, 1.54) is 0 Å². The van der Waals surface area contributed by atoms with Crippen molar-refractivity contribution in [3.63, 3.8) is 0 Å². The number of carbonyl (C=O) groups excluding carboxylic acids is 1. The predicted molar refractivity (Wildman–Crippen MR) is 165 cm³/mol. The topological polar surface area (TPSA) is 129 Å². The molecular weight excluding hydrogens is 528 g/mol. The average Bonchev–Trinajstić information content (AvgIpc) is 2.93. The van der Waals surface area contributed by atoms with Gasteiger partial charge in [-0.3, -0.25) is 4.79 Å². The lowest BCUT2D eigenvalue weighted by atomic mass is 9.63. The Hall–Kier alpha value is -3.75. The number of pyridine rings is 1. The van der Waals surface area contributed by atoms with Crippen molar-refractivity contribution in [2.24, 2.45) is 11.7 Å². The summed E-state index contributed by atoms with van der Waals surface area (Å²) in [5.41, 5.74) is 10.2. The van der Waals surface area contributed by atoms with E-state index in [-0.39, 0.29) is 23.9 Å². The number of carbonyl (C=O) groups is 2. The number of carboxylic acid groups (broad SMARTS) is 1. The SMILES string of the molecule is CC(C)N(C(=O)O)C1CCC(CC(=O)Nc2cc(-c3ccccc3)c(-c3ccc(C4(N)CC(C)(O)C4)cc3)cn2)CC1. The van der Waals surface area contributed by atoms with Crippen LogP contribution in [0.4, 0.5) is 10.6 Å². The second kappa shape index (κ2) is 11.9. The molecule has 0 aliphatic heterocycles. The van der Waals surface area contributed by atoms with Crippen molar-refractivity contribution in [3.05, 3.63) is 72.4 Å². The van der Waals surface area contributed by atoms with Gasteiger partial charge in [-0.25, -0.2) is 9.78 Å². The first-order chi connectivity index (χ1) is 19.9. The van der Waals surface area contributed by atoms with Gasteiger partial charge >= 0.3 is 6.09 Å². The monoisotopic (exact) mass is 570 g/mol. The molecule has 0 radical (unpaired) electrons. The van der Waals surface area contributed by atoms with E-state index in [9.17, 15) is 19.8 Å². The van der Waals surface area contributed by atoms with Crippen LogP contribution in [0.15, 0.2) is 66.9 Å². The second-order valence-electron chi connectivity index (χ2n) is 12.8. The Labute approximate surface area is 248 Å². The number of aliphatic hydroxyl groups is 1. The molecule has 42 heavy (non-hydrogen) atoms.